The van der Waals surface area contributed by atoms with E-state index in [1.54, 1.807) is 0 Å². The van der Waals surface area contributed by atoms with Crippen LogP contribution in [0.2, 0.25) is 0 Å². The molecule has 1 heterocycles. The van der Waals surface area contributed by atoms with Crippen LogP contribution in [0.4, 0.5) is 5.69 Å². The Bertz CT molecular complexity index is 384. The summed E-state index contributed by atoms with van der Waals surface area (Å²) in [6.45, 7) is 2.70. The van der Waals surface area contributed by atoms with Crippen molar-refractivity contribution in [2.75, 3.05) is 24.6 Å². The standard InChI is InChI=1S/C14H19NO/c16-8-6-11-3-4-14-13(9-11)5-7-15(14)10-12-1-2-12/h3-4,9,12,16H,1-2,5-8,10H2. The number of fused-ring (bicyclic) bond motifs is 1. The predicted molar refractivity (Wildman–Crippen MR) is 65.9 cm³/mol. The van der Waals surface area contributed by atoms with Crippen LogP contribution in [-0.4, -0.2) is 24.8 Å². The molecule has 1 fully saturated rings. The minimum atomic E-state index is 0.255. The Morgan fingerprint density at radius 1 is 1.31 bits per heavy atom. The molecule has 0 amide bonds. The van der Waals surface area contributed by atoms with Crippen LogP contribution in [0, 0.1) is 5.92 Å². The van der Waals surface area contributed by atoms with Crippen LogP contribution in [0.15, 0.2) is 18.2 Å². The zero-order valence-electron chi connectivity index (χ0n) is 9.65. The highest BCUT2D eigenvalue weighted by atomic mass is 16.2. The van der Waals surface area contributed by atoms with Crippen molar-refractivity contribution in [1.82, 2.24) is 0 Å². The third-order valence-corrected chi connectivity index (χ3v) is 3.71. The fourth-order valence-corrected chi connectivity index (χ4v) is 2.61. The van der Waals surface area contributed by atoms with Gasteiger partial charge in [-0.05, 0) is 48.8 Å². The maximum absolute atomic E-state index is 8.94. The van der Waals surface area contributed by atoms with E-state index >= 15 is 0 Å². The summed E-state index contributed by atoms with van der Waals surface area (Å²) in [4.78, 5) is 2.54. The fraction of sp³-hybridized carbons (Fsp3) is 0.571. The summed E-state index contributed by atoms with van der Waals surface area (Å²) in [7, 11) is 0. The van der Waals surface area contributed by atoms with Gasteiger partial charge in [-0.1, -0.05) is 12.1 Å². The lowest BCUT2D eigenvalue weighted by atomic mass is 10.1. The van der Waals surface area contributed by atoms with E-state index in [0.717, 1.165) is 12.3 Å². The molecule has 0 unspecified atom stereocenters. The quantitative estimate of drug-likeness (QED) is 0.833. The Kier molecular flexibility index (Phi) is 2.60. The molecule has 1 aliphatic carbocycles. The monoisotopic (exact) mass is 217 g/mol. The SMILES string of the molecule is OCCc1ccc2c(c1)CCN2CC1CC1. The Morgan fingerprint density at radius 3 is 2.94 bits per heavy atom. The number of rotatable bonds is 4. The van der Waals surface area contributed by atoms with Crippen LogP contribution in [-0.2, 0) is 12.8 Å². The number of aliphatic hydroxyl groups is 1. The lowest BCUT2D eigenvalue weighted by Gasteiger charge is -2.19. The van der Waals surface area contributed by atoms with Gasteiger partial charge < -0.3 is 10.0 Å². The first-order valence-corrected chi connectivity index (χ1v) is 6.34. The molecular weight excluding hydrogens is 198 g/mol. The van der Waals surface area contributed by atoms with Gasteiger partial charge >= 0.3 is 0 Å². The second-order valence-electron chi connectivity index (χ2n) is 5.08. The topological polar surface area (TPSA) is 23.5 Å². The number of hydrogen-bond acceptors (Lipinski definition) is 2. The molecule has 1 saturated carbocycles. The molecule has 2 nitrogen and oxygen atoms in total. The van der Waals surface area contributed by atoms with Crippen molar-refractivity contribution in [2.24, 2.45) is 5.92 Å². The van der Waals surface area contributed by atoms with Gasteiger partial charge in [0.25, 0.3) is 0 Å². The number of hydrogen-bond donors (Lipinski definition) is 1. The van der Waals surface area contributed by atoms with Crippen LogP contribution in [0.5, 0.6) is 0 Å². The smallest absolute Gasteiger partial charge is 0.0471 e. The van der Waals surface area contributed by atoms with Gasteiger partial charge in [0, 0.05) is 25.4 Å². The van der Waals surface area contributed by atoms with Crippen molar-refractivity contribution in [1.29, 1.82) is 0 Å². The van der Waals surface area contributed by atoms with E-state index in [1.165, 1.54) is 49.2 Å². The van der Waals surface area contributed by atoms with E-state index in [9.17, 15) is 0 Å². The van der Waals surface area contributed by atoms with Crippen LogP contribution >= 0.6 is 0 Å². The van der Waals surface area contributed by atoms with Crippen molar-refractivity contribution in [2.45, 2.75) is 25.7 Å². The van der Waals surface area contributed by atoms with Crippen molar-refractivity contribution < 1.29 is 5.11 Å². The van der Waals surface area contributed by atoms with Gasteiger partial charge in [-0.2, -0.15) is 0 Å². The molecule has 3 rings (SSSR count). The first-order chi connectivity index (χ1) is 7.86. The molecule has 0 radical (unpaired) electrons. The molecule has 0 saturated heterocycles. The summed E-state index contributed by atoms with van der Waals surface area (Å²) in [6, 6.07) is 6.69. The van der Waals surface area contributed by atoms with Crippen LogP contribution in [0.3, 0.4) is 0 Å². The summed E-state index contributed by atoms with van der Waals surface area (Å²) >= 11 is 0. The highest BCUT2D eigenvalue weighted by Gasteiger charge is 2.27. The van der Waals surface area contributed by atoms with Gasteiger partial charge in [0.15, 0.2) is 0 Å². The van der Waals surface area contributed by atoms with Gasteiger partial charge in [0.1, 0.15) is 0 Å². The molecule has 1 aliphatic heterocycles. The zero-order valence-corrected chi connectivity index (χ0v) is 9.65. The van der Waals surface area contributed by atoms with Crippen molar-refractivity contribution >= 4 is 5.69 Å². The molecule has 16 heavy (non-hydrogen) atoms. The van der Waals surface area contributed by atoms with E-state index in [1.807, 2.05) is 0 Å². The van der Waals surface area contributed by atoms with Crippen molar-refractivity contribution in [3.8, 4) is 0 Å². The molecule has 0 atom stereocenters. The maximum Gasteiger partial charge on any atom is 0.0471 e. The normalized spacial score (nSPS) is 18.9. The van der Waals surface area contributed by atoms with Gasteiger partial charge in [-0.25, -0.2) is 0 Å². The third-order valence-electron chi connectivity index (χ3n) is 3.71. The predicted octanol–water partition coefficient (Wildman–Crippen LogP) is 1.99. The summed E-state index contributed by atoms with van der Waals surface area (Å²) in [5.41, 5.74) is 4.19. The molecule has 0 aromatic heterocycles. The number of aliphatic hydroxyl groups excluding tert-OH is 1. The summed E-state index contributed by atoms with van der Waals surface area (Å²) in [6.07, 6.45) is 4.82. The highest BCUT2D eigenvalue weighted by molar-refractivity contribution is 5.59. The number of benzene rings is 1. The van der Waals surface area contributed by atoms with E-state index in [4.69, 9.17) is 5.11 Å². The largest absolute Gasteiger partial charge is 0.396 e. The summed E-state index contributed by atoms with van der Waals surface area (Å²) < 4.78 is 0. The fourth-order valence-electron chi connectivity index (χ4n) is 2.61. The first-order valence-electron chi connectivity index (χ1n) is 6.34. The Balaban J connectivity index is 1.77. The van der Waals surface area contributed by atoms with E-state index in [2.05, 4.69) is 23.1 Å². The molecule has 2 heteroatoms. The van der Waals surface area contributed by atoms with Crippen molar-refractivity contribution in [3.63, 3.8) is 0 Å². The molecular formula is C14H19NO. The van der Waals surface area contributed by atoms with Gasteiger partial charge in [0.05, 0.1) is 0 Å². The molecule has 0 bridgehead atoms. The minimum Gasteiger partial charge on any atom is -0.396 e. The molecule has 0 spiro atoms. The van der Waals surface area contributed by atoms with Gasteiger partial charge in [0.2, 0.25) is 0 Å². The molecule has 1 N–H and O–H groups in total. The van der Waals surface area contributed by atoms with Crippen molar-refractivity contribution in [3.05, 3.63) is 29.3 Å². The second-order valence-corrected chi connectivity index (χ2v) is 5.08. The summed E-state index contributed by atoms with van der Waals surface area (Å²) in [5, 5.41) is 8.94. The Hall–Kier alpha value is -1.02. The van der Waals surface area contributed by atoms with E-state index in [-0.39, 0.29) is 6.61 Å². The average Bonchev–Trinajstić information content (AvgIpc) is 3.01. The highest BCUT2D eigenvalue weighted by Crippen LogP contribution is 2.35. The van der Waals surface area contributed by atoms with Crippen LogP contribution < -0.4 is 4.90 Å². The van der Waals surface area contributed by atoms with E-state index in [0.29, 0.717) is 0 Å². The minimum absolute atomic E-state index is 0.255. The lowest BCUT2D eigenvalue weighted by Crippen LogP contribution is -2.22. The molecule has 2 aliphatic rings. The zero-order chi connectivity index (χ0) is 11.0. The molecule has 1 aromatic rings. The third kappa shape index (κ3) is 1.94. The molecule has 86 valence electrons. The number of nitrogens with zero attached hydrogens (tertiary/aromatic N) is 1. The van der Waals surface area contributed by atoms with Gasteiger partial charge in [-0.15, -0.1) is 0 Å². The Labute approximate surface area is 96.9 Å². The summed E-state index contributed by atoms with van der Waals surface area (Å²) in [5.74, 6) is 0.961. The Morgan fingerprint density at radius 2 is 2.19 bits per heavy atom. The average molecular weight is 217 g/mol. The second kappa shape index (κ2) is 4.10. The molecule has 1 aromatic carbocycles. The van der Waals surface area contributed by atoms with Gasteiger partial charge in [-0.3, -0.25) is 0 Å². The van der Waals surface area contributed by atoms with Crippen LogP contribution in [0.25, 0.3) is 0 Å². The first kappa shape index (κ1) is 10.2. The lowest BCUT2D eigenvalue weighted by molar-refractivity contribution is 0.299. The van der Waals surface area contributed by atoms with E-state index < -0.39 is 0 Å². The number of anilines is 1. The maximum atomic E-state index is 8.94. The van der Waals surface area contributed by atoms with Crippen LogP contribution in [0.1, 0.15) is 24.0 Å².